The Balaban J connectivity index is 1.88. The monoisotopic (exact) mass is 372 g/mol. The molecule has 7 heteroatoms. The maximum Gasteiger partial charge on any atom is 0.271 e. The summed E-state index contributed by atoms with van der Waals surface area (Å²) < 4.78 is 7.00. The number of likely N-dealkylation sites (N-methyl/N-ethyl adjacent to an activating group) is 1. The number of carbonyl (C=O) groups is 1. The molecule has 1 amide bonds. The van der Waals surface area contributed by atoms with Crippen molar-refractivity contribution in [3.05, 3.63) is 58.0 Å². The maximum absolute atomic E-state index is 12.3. The van der Waals surface area contributed by atoms with Crippen LogP contribution in [0.4, 0.5) is 0 Å². The normalized spacial score (nSPS) is 10.8. The van der Waals surface area contributed by atoms with Crippen LogP contribution >= 0.6 is 0 Å². The van der Waals surface area contributed by atoms with Gasteiger partial charge in [0.15, 0.2) is 0 Å². The van der Waals surface area contributed by atoms with Crippen LogP contribution in [0.2, 0.25) is 0 Å². The summed E-state index contributed by atoms with van der Waals surface area (Å²) in [4.78, 5) is 26.1. The van der Waals surface area contributed by atoms with E-state index in [1.54, 1.807) is 0 Å². The Bertz CT molecular complexity index is 785. The van der Waals surface area contributed by atoms with Crippen molar-refractivity contribution in [3.63, 3.8) is 0 Å². The summed E-state index contributed by atoms with van der Waals surface area (Å²) in [5.41, 5.74) is 1.02. The number of rotatable bonds is 10. The van der Waals surface area contributed by atoms with Gasteiger partial charge in [0, 0.05) is 25.7 Å². The number of aromatic nitrogens is 2. The van der Waals surface area contributed by atoms with E-state index in [1.807, 2.05) is 45.3 Å². The van der Waals surface area contributed by atoms with E-state index < -0.39 is 0 Å². The molecule has 0 bridgehead atoms. The minimum Gasteiger partial charge on any atom is -0.492 e. The Hall–Kier alpha value is -2.67. The van der Waals surface area contributed by atoms with Gasteiger partial charge >= 0.3 is 0 Å². The van der Waals surface area contributed by atoms with E-state index in [4.69, 9.17) is 4.74 Å². The van der Waals surface area contributed by atoms with Gasteiger partial charge in [-0.2, -0.15) is 5.10 Å². The lowest BCUT2D eigenvalue weighted by Gasteiger charge is -2.11. The Morgan fingerprint density at radius 1 is 1.19 bits per heavy atom. The predicted molar refractivity (Wildman–Crippen MR) is 105 cm³/mol. The molecule has 1 heterocycles. The van der Waals surface area contributed by atoms with Crippen molar-refractivity contribution in [2.45, 2.75) is 32.9 Å². The van der Waals surface area contributed by atoms with Gasteiger partial charge in [-0.15, -0.1) is 0 Å². The summed E-state index contributed by atoms with van der Waals surface area (Å²) in [5.74, 6) is 0.503. The van der Waals surface area contributed by atoms with Crippen LogP contribution in [0.25, 0.3) is 0 Å². The molecule has 7 nitrogen and oxygen atoms in total. The molecule has 0 fully saturated rings. The van der Waals surface area contributed by atoms with E-state index in [0.717, 1.165) is 30.7 Å². The number of unbranched alkanes of at least 4 members (excludes halogenated alkanes) is 1. The fourth-order valence-electron chi connectivity index (χ4n) is 2.36. The van der Waals surface area contributed by atoms with Gasteiger partial charge in [0.25, 0.3) is 11.5 Å². The van der Waals surface area contributed by atoms with Crippen molar-refractivity contribution in [1.29, 1.82) is 0 Å². The second-order valence-electron chi connectivity index (χ2n) is 6.61. The first-order valence-corrected chi connectivity index (χ1v) is 9.22. The average molecular weight is 372 g/mol. The first-order valence-electron chi connectivity index (χ1n) is 9.22. The number of nitrogens with one attached hydrogen (secondary N) is 1. The molecule has 0 saturated carbocycles. The smallest absolute Gasteiger partial charge is 0.271 e. The van der Waals surface area contributed by atoms with Gasteiger partial charge in [0.1, 0.15) is 18.1 Å². The fourth-order valence-corrected chi connectivity index (χ4v) is 2.36. The number of carbonyl (C=O) groups excluding carboxylic acids is 1. The summed E-state index contributed by atoms with van der Waals surface area (Å²) in [6.45, 7) is 4.42. The first kappa shape index (κ1) is 20.6. The summed E-state index contributed by atoms with van der Waals surface area (Å²) in [7, 11) is 4.00. The molecule has 1 aromatic carbocycles. The number of benzene rings is 1. The zero-order valence-corrected chi connectivity index (χ0v) is 16.3. The molecule has 0 spiro atoms. The predicted octanol–water partition coefficient (Wildman–Crippen LogP) is 1.91. The molecule has 146 valence electrons. The standard InChI is InChI=1S/C20H28N4O3/c1-4-5-12-24-19(25)11-10-18(22-24)20(26)21-15-16-6-8-17(9-7-16)27-14-13-23(2)3/h6-11H,4-5,12-15H2,1-3H3,(H,21,26). The molecule has 1 aromatic heterocycles. The van der Waals surface area contributed by atoms with Crippen LogP contribution in [0.15, 0.2) is 41.2 Å². The third kappa shape index (κ3) is 6.86. The number of aryl methyl sites for hydroxylation is 1. The van der Waals surface area contributed by atoms with Crippen molar-refractivity contribution in [3.8, 4) is 5.75 Å². The highest BCUT2D eigenvalue weighted by Gasteiger charge is 2.09. The molecule has 0 atom stereocenters. The van der Waals surface area contributed by atoms with Gasteiger partial charge in [-0.05, 0) is 44.3 Å². The van der Waals surface area contributed by atoms with E-state index in [1.165, 1.54) is 16.8 Å². The van der Waals surface area contributed by atoms with E-state index in [9.17, 15) is 9.59 Å². The summed E-state index contributed by atoms with van der Waals surface area (Å²) in [5, 5.41) is 6.98. The highest BCUT2D eigenvalue weighted by Crippen LogP contribution is 2.12. The molecule has 2 rings (SSSR count). The molecule has 0 aliphatic rings. The fraction of sp³-hybridized carbons (Fsp3) is 0.450. The molecule has 2 aromatic rings. The minimum atomic E-state index is -0.299. The van der Waals surface area contributed by atoms with Crippen LogP contribution in [-0.2, 0) is 13.1 Å². The van der Waals surface area contributed by atoms with Gasteiger partial charge in [-0.3, -0.25) is 9.59 Å². The SMILES string of the molecule is CCCCn1nc(C(=O)NCc2ccc(OCCN(C)C)cc2)ccc1=O. The Morgan fingerprint density at radius 2 is 1.93 bits per heavy atom. The molecule has 0 unspecified atom stereocenters. The van der Waals surface area contributed by atoms with Crippen molar-refractivity contribution < 1.29 is 9.53 Å². The quantitative estimate of drug-likeness (QED) is 0.689. The molecule has 1 N–H and O–H groups in total. The Labute approximate surface area is 160 Å². The zero-order valence-electron chi connectivity index (χ0n) is 16.3. The number of nitrogens with zero attached hydrogens (tertiary/aromatic N) is 3. The Morgan fingerprint density at radius 3 is 2.59 bits per heavy atom. The molecular weight excluding hydrogens is 344 g/mol. The molecule has 0 aliphatic carbocycles. The van der Waals surface area contributed by atoms with Crippen molar-refractivity contribution in [1.82, 2.24) is 20.0 Å². The largest absolute Gasteiger partial charge is 0.492 e. The summed E-state index contributed by atoms with van der Waals surface area (Å²) >= 11 is 0. The van der Waals surface area contributed by atoms with Crippen LogP contribution in [0.3, 0.4) is 0 Å². The summed E-state index contributed by atoms with van der Waals surface area (Å²) in [6, 6.07) is 10.5. The highest BCUT2D eigenvalue weighted by atomic mass is 16.5. The Kier molecular flexibility index (Phi) is 8.00. The molecule has 27 heavy (non-hydrogen) atoms. The average Bonchev–Trinajstić information content (AvgIpc) is 2.66. The lowest BCUT2D eigenvalue weighted by atomic mass is 10.2. The van der Waals surface area contributed by atoms with Crippen molar-refractivity contribution >= 4 is 5.91 Å². The van der Waals surface area contributed by atoms with Crippen LogP contribution < -0.4 is 15.6 Å². The molecule has 0 aliphatic heterocycles. The van der Waals surface area contributed by atoms with Gasteiger partial charge in [0.2, 0.25) is 0 Å². The minimum absolute atomic E-state index is 0.190. The van der Waals surface area contributed by atoms with E-state index in [2.05, 4.69) is 15.3 Å². The molecule has 0 radical (unpaired) electrons. The first-order chi connectivity index (χ1) is 13.0. The van der Waals surface area contributed by atoms with Gasteiger partial charge in [0.05, 0.1) is 0 Å². The number of hydrogen-bond donors (Lipinski definition) is 1. The van der Waals surface area contributed by atoms with Crippen LogP contribution in [0, 0.1) is 0 Å². The van der Waals surface area contributed by atoms with E-state index in [-0.39, 0.29) is 17.2 Å². The third-order valence-corrected chi connectivity index (χ3v) is 4.01. The zero-order chi connectivity index (χ0) is 19.6. The topological polar surface area (TPSA) is 76.5 Å². The van der Waals surface area contributed by atoms with Crippen molar-refractivity contribution in [2.75, 3.05) is 27.2 Å². The molecule has 0 saturated heterocycles. The van der Waals surface area contributed by atoms with Gasteiger partial charge in [-0.1, -0.05) is 25.5 Å². The van der Waals surface area contributed by atoms with Gasteiger partial charge in [-0.25, -0.2) is 4.68 Å². The lowest BCUT2D eigenvalue weighted by Crippen LogP contribution is -2.29. The summed E-state index contributed by atoms with van der Waals surface area (Å²) in [6.07, 6.45) is 1.81. The van der Waals surface area contributed by atoms with Crippen molar-refractivity contribution in [2.24, 2.45) is 0 Å². The highest BCUT2D eigenvalue weighted by molar-refractivity contribution is 5.91. The molecular formula is C20H28N4O3. The second kappa shape index (κ2) is 10.5. The van der Waals surface area contributed by atoms with Gasteiger partial charge < -0.3 is 15.0 Å². The number of hydrogen-bond acceptors (Lipinski definition) is 5. The lowest BCUT2D eigenvalue weighted by molar-refractivity contribution is 0.0943. The van der Waals surface area contributed by atoms with Crippen LogP contribution in [-0.4, -0.2) is 47.8 Å². The van der Waals surface area contributed by atoms with E-state index >= 15 is 0 Å². The van der Waals surface area contributed by atoms with Crippen LogP contribution in [0.5, 0.6) is 5.75 Å². The third-order valence-electron chi connectivity index (χ3n) is 4.01. The second-order valence-corrected chi connectivity index (χ2v) is 6.61. The number of amides is 1. The maximum atomic E-state index is 12.3. The van der Waals surface area contributed by atoms with E-state index in [0.29, 0.717) is 19.7 Å². The van der Waals surface area contributed by atoms with Crippen LogP contribution in [0.1, 0.15) is 35.8 Å². The number of ether oxygens (including phenoxy) is 1.